The van der Waals surface area contributed by atoms with Gasteiger partial charge in [-0.15, -0.1) is 0 Å². The topological polar surface area (TPSA) is 57.5 Å². The van der Waals surface area contributed by atoms with E-state index in [1.54, 1.807) is 0 Å². The number of rotatable bonds is 3. The van der Waals surface area contributed by atoms with E-state index in [1.807, 2.05) is 0 Å². The van der Waals surface area contributed by atoms with Crippen molar-refractivity contribution in [2.45, 2.75) is 13.3 Å². The lowest BCUT2D eigenvalue weighted by Crippen LogP contribution is -2.14. The molecule has 0 heterocycles. The van der Waals surface area contributed by atoms with E-state index in [1.165, 1.54) is 6.92 Å². The Bertz CT molecular complexity index is 390. The van der Waals surface area contributed by atoms with Crippen molar-refractivity contribution in [3.05, 3.63) is 29.3 Å². The second kappa shape index (κ2) is 4.25. The highest BCUT2D eigenvalue weighted by Gasteiger charge is 2.19. The Kier molecular flexibility index (Phi) is 3.24. The summed E-state index contributed by atoms with van der Waals surface area (Å²) in [6.07, 6.45) is -0.290. The first-order valence-corrected chi connectivity index (χ1v) is 4.32. The van der Waals surface area contributed by atoms with E-state index >= 15 is 0 Å². The fraction of sp³-hybridized carbons (Fsp3) is 0.300. The number of phenols is 1. The van der Waals surface area contributed by atoms with Crippen molar-refractivity contribution in [3.63, 3.8) is 0 Å². The molecule has 82 valence electrons. The van der Waals surface area contributed by atoms with Crippen LogP contribution in [0.2, 0.25) is 0 Å². The fourth-order valence-electron chi connectivity index (χ4n) is 1.17. The van der Waals surface area contributed by atoms with Crippen molar-refractivity contribution >= 4 is 5.97 Å². The zero-order chi connectivity index (χ0) is 11.6. The fourth-order valence-corrected chi connectivity index (χ4v) is 1.17. The van der Waals surface area contributed by atoms with Crippen LogP contribution in [0, 0.1) is 17.6 Å². The summed E-state index contributed by atoms with van der Waals surface area (Å²) in [5.74, 6) is -4.67. The van der Waals surface area contributed by atoms with Gasteiger partial charge in [-0.3, -0.25) is 4.79 Å². The minimum atomic E-state index is -1.14. The highest BCUT2D eigenvalue weighted by molar-refractivity contribution is 5.69. The molecule has 0 amide bonds. The molecule has 1 aromatic carbocycles. The smallest absolute Gasteiger partial charge is 0.306 e. The molecule has 0 aromatic heterocycles. The SMILES string of the molecule is CC(Cc1c(F)ccc(O)c1F)C(=O)O. The van der Waals surface area contributed by atoms with Gasteiger partial charge in [0.05, 0.1) is 5.92 Å². The van der Waals surface area contributed by atoms with Gasteiger partial charge in [-0.05, 0) is 18.6 Å². The zero-order valence-corrected chi connectivity index (χ0v) is 8.00. The number of phenolic OH excluding ortho intramolecular Hbond substituents is 1. The predicted octanol–water partition coefficient (Wildman–Crippen LogP) is 1.93. The van der Waals surface area contributed by atoms with Crippen LogP contribution in [-0.2, 0) is 11.2 Å². The predicted molar refractivity (Wildman–Crippen MR) is 48.5 cm³/mol. The molecule has 1 aromatic rings. The van der Waals surface area contributed by atoms with Gasteiger partial charge in [0.2, 0.25) is 0 Å². The Morgan fingerprint density at radius 2 is 2.07 bits per heavy atom. The molecular formula is C10H10F2O3. The van der Waals surface area contributed by atoms with E-state index in [9.17, 15) is 13.6 Å². The lowest BCUT2D eigenvalue weighted by atomic mass is 10.00. The molecule has 0 aliphatic carbocycles. The van der Waals surface area contributed by atoms with E-state index < -0.39 is 34.8 Å². The maximum atomic E-state index is 13.2. The third kappa shape index (κ3) is 2.43. The highest BCUT2D eigenvalue weighted by atomic mass is 19.1. The quantitative estimate of drug-likeness (QED) is 0.811. The Morgan fingerprint density at radius 1 is 1.47 bits per heavy atom. The second-order valence-corrected chi connectivity index (χ2v) is 3.30. The Labute approximate surface area is 85.0 Å². The summed E-state index contributed by atoms with van der Waals surface area (Å²) in [6, 6.07) is 1.79. The molecule has 0 aliphatic heterocycles. The van der Waals surface area contributed by atoms with Crippen LogP contribution in [0.5, 0.6) is 5.75 Å². The molecular weight excluding hydrogens is 206 g/mol. The molecule has 0 radical (unpaired) electrons. The van der Waals surface area contributed by atoms with Crippen LogP contribution in [-0.4, -0.2) is 16.2 Å². The van der Waals surface area contributed by atoms with Crippen LogP contribution in [0.15, 0.2) is 12.1 Å². The number of carboxylic acids is 1. The molecule has 0 aliphatic rings. The van der Waals surface area contributed by atoms with Crippen molar-refractivity contribution in [2.24, 2.45) is 5.92 Å². The van der Waals surface area contributed by atoms with Crippen LogP contribution in [0.1, 0.15) is 12.5 Å². The summed E-state index contributed by atoms with van der Waals surface area (Å²) in [5.41, 5.74) is -0.398. The molecule has 0 bridgehead atoms. The summed E-state index contributed by atoms with van der Waals surface area (Å²) in [4.78, 5) is 10.5. The van der Waals surface area contributed by atoms with E-state index in [-0.39, 0.29) is 6.42 Å². The molecule has 1 rings (SSSR count). The minimum absolute atomic E-state index is 0.290. The largest absolute Gasteiger partial charge is 0.505 e. The maximum absolute atomic E-state index is 13.2. The second-order valence-electron chi connectivity index (χ2n) is 3.30. The molecule has 1 atom stereocenters. The van der Waals surface area contributed by atoms with Crippen LogP contribution >= 0.6 is 0 Å². The summed E-state index contributed by atoms with van der Waals surface area (Å²) in [7, 11) is 0. The van der Waals surface area contributed by atoms with Crippen LogP contribution in [0.25, 0.3) is 0 Å². The van der Waals surface area contributed by atoms with Gasteiger partial charge in [0.25, 0.3) is 0 Å². The lowest BCUT2D eigenvalue weighted by molar-refractivity contribution is -0.141. The van der Waals surface area contributed by atoms with Crippen molar-refractivity contribution in [3.8, 4) is 5.75 Å². The van der Waals surface area contributed by atoms with Gasteiger partial charge in [0.1, 0.15) is 5.82 Å². The standard InChI is InChI=1S/C10H10F2O3/c1-5(10(14)15)4-6-7(11)2-3-8(13)9(6)12/h2-3,5,13H,4H2,1H3,(H,14,15). The van der Waals surface area contributed by atoms with Crippen LogP contribution in [0.3, 0.4) is 0 Å². The number of halogens is 2. The zero-order valence-electron chi connectivity index (χ0n) is 8.00. The number of hydrogen-bond acceptors (Lipinski definition) is 2. The van der Waals surface area contributed by atoms with Crippen molar-refractivity contribution < 1.29 is 23.8 Å². The van der Waals surface area contributed by atoms with E-state index in [0.717, 1.165) is 12.1 Å². The van der Waals surface area contributed by atoms with E-state index in [0.29, 0.717) is 0 Å². The lowest BCUT2D eigenvalue weighted by Gasteiger charge is -2.09. The summed E-state index contributed by atoms with van der Waals surface area (Å²) in [5, 5.41) is 17.6. The molecule has 1 unspecified atom stereocenters. The number of carbonyl (C=O) groups is 1. The third-order valence-corrected chi connectivity index (χ3v) is 2.10. The third-order valence-electron chi connectivity index (χ3n) is 2.10. The van der Waals surface area contributed by atoms with E-state index in [2.05, 4.69) is 0 Å². The first-order chi connectivity index (χ1) is 6.93. The molecule has 0 saturated heterocycles. The number of benzene rings is 1. The van der Waals surface area contributed by atoms with Gasteiger partial charge in [-0.1, -0.05) is 6.92 Å². The van der Waals surface area contributed by atoms with Gasteiger partial charge in [-0.25, -0.2) is 8.78 Å². The highest BCUT2D eigenvalue weighted by Crippen LogP contribution is 2.24. The van der Waals surface area contributed by atoms with Crippen molar-refractivity contribution in [1.82, 2.24) is 0 Å². The summed E-state index contributed by atoms with van der Waals surface area (Å²) >= 11 is 0. The van der Waals surface area contributed by atoms with Crippen molar-refractivity contribution in [2.75, 3.05) is 0 Å². The first-order valence-electron chi connectivity index (χ1n) is 4.32. The Hall–Kier alpha value is -1.65. The normalized spacial score (nSPS) is 12.5. The number of aromatic hydroxyl groups is 1. The minimum Gasteiger partial charge on any atom is -0.505 e. The molecule has 0 fully saturated rings. The maximum Gasteiger partial charge on any atom is 0.306 e. The van der Waals surface area contributed by atoms with Crippen LogP contribution in [0.4, 0.5) is 8.78 Å². The van der Waals surface area contributed by atoms with E-state index in [4.69, 9.17) is 10.2 Å². The van der Waals surface area contributed by atoms with Gasteiger partial charge in [-0.2, -0.15) is 0 Å². The summed E-state index contributed by atoms with van der Waals surface area (Å²) in [6.45, 7) is 1.34. The van der Waals surface area contributed by atoms with Gasteiger partial charge >= 0.3 is 5.97 Å². The molecule has 15 heavy (non-hydrogen) atoms. The Balaban J connectivity index is 3.03. The first kappa shape index (κ1) is 11.4. The molecule has 0 saturated carbocycles. The van der Waals surface area contributed by atoms with Crippen LogP contribution < -0.4 is 0 Å². The number of aliphatic carboxylic acids is 1. The molecule has 0 spiro atoms. The average Bonchev–Trinajstić information content (AvgIpc) is 2.18. The molecule has 3 nitrogen and oxygen atoms in total. The van der Waals surface area contributed by atoms with Gasteiger partial charge in [0, 0.05) is 5.56 Å². The Morgan fingerprint density at radius 3 is 2.60 bits per heavy atom. The summed E-state index contributed by atoms with van der Waals surface area (Å²) < 4.78 is 26.3. The number of carboxylic acid groups (broad SMARTS) is 1. The van der Waals surface area contributed by atoms with Crippen molar-refractivity contribution in [1.29, 1.82) is 0 Å². The average molecular weight is 216 g/mol. The van der Waals surface area contributed by atoms with Gasteiger partial charge < -0.3 is 10.2 Å². The molecule has 5 heteroatoms. The monoisotopic (exact) mass is 216 g/mol. The van der Waals surface area contributed by atoms with Gasteiger partial charge in [0.15, 0.2) is 11.6 Å². The molecule has 2 N–H and O–H groups in total. The number of hydrogen-bond donors (Lipinski definition) is 2.